The van der Waals surface area contributed by atoms with Crippen LogP contribution >= 0.6 is 58.0 Å². The molecule has 0 aliphatic carbocycles. The van der Waals surface area contributed by atoms with E-state index in [1.807, 2.05) is 6.92 Å². The third kappa shape index (κ3) is 2.70. The van der Waals surface area contributed by atoms with Crippen LogP contribution in [0.25, 0.3) is 0 Å². The molecule has 0 aromatic carbocycles. The van der Waals surface area contributed by atoms with E-state index >= 15 is 0 Å². The second-order valence-corrected chi connectivity index (χ2v) is 6.93. The molecule has 0 aliphatic heterocycles. The van der Waals surface area contributed by atoms with Crippen molar-refractivity contribution in [3.8, 4) is 0 Å². The lowest BCUT2D eigenvalue weighted by Crippen LogP contribution is -2.32. The topological polar surface area (TPSA) is 30.7 Å². The average Bonchev–Trinajstić information content (AvgIpc) is 2.46. The third-order valence-corrected chi connectivity index (χ3v) is 4.35. The quantitative estimate of drug-likeness (QED) is 0.787. The van der Waals surface area contributed by atoms with Gasteiger partial charge in [-0.3, -0.25) is 0 Å². The molecule has 8 heteroatoms. The summed E-state index contributed by atoms with van der Waals surface area (Å²) < 4.78 is -1.98. The van der Waals surface area contributed by atoms with Gasteiger partial charge in [0.2, 0.25) is 8.13 Å². The number of aromatic nitrogens is 3. The van der Waals surface area contributed by atoms with Gasteiger partial charge in [-0.2, -0.15) is 0 Å². The van der Waals surface area contributed by atoms with Gasteiger partial charge in [-0.25, -0.2) is 4.68 Å². The van der Waals surface area contributed by atoms with Crippen molar-refractivity contribution in [2.75, 3.05) is 0 Å². The Morgan fingerprint density at radius 3 is 2.19 bits per heavy atom. The van der Waals surface area contributed by atoms with Gasteiger partial charge in [-0.15, -0.1) is 5.10 Å². The molecule has 1 aromatic heterocycles. The van der Waals surface area contributed by atoms with Crippen LogP contribution in [0.2, 0.25) is 0 Å². The zero-order valence-corrected chi connectivity index (χ0v) is 12.4. The summed E-state index contributed by atoms with van der Waals surface area (Å²) in [4.78, 5) is 0. The molecular formula is C8H10Cl5N3. The Bertz CT molecular complexity index is 368. The van der Waals surface area contributed by atoms with Crippen molar-refractivity contribution in [2.45, 2.75) is 34.9 Å². The lowest BCUT2D eigenvalue weighted by molar-refractivity contribution is 0.543. The first-order valence-corrected chi connectivity index (χ1v) is 6.46. The fourth-order valence-corrected chi connectivity index (χ4v) is 2.03. The minimum Gasteiger partial charge on any atom is -0.246 e. The zero-order chi connectivity index (χ0) is 12.6. The van der Waals surface area contributed by atoms with Crippen LogP contribution in [0.15, 0.2) is 0 Å². The molecule has 3 nitrogen and oxygen atoms in total. The minimum absolute atomic E-state index is 0.415. The maximum absolute atomic E-state index is 6.09. The number of nitrogens with zero attached hydrogens (tertiary/aromatic N) is 3. The molecule has 0 spiro atoms. The Morgan fingerprint density at radius 2 is 1.75 bits per heavy atom. The molecule has 0 unspecified atom stereocenters. The fourth-order valence-electron chi connectivity index (χ4n) is 1.29. The van der Waals surface area contributed by atoms with Crippen molar-refractivity contribution < 1.29 is 0 Å². The van der Waals surface area contributed by atoms with E-state index in [2.05, 4.69) is 10.3 Å². The molecule has 0 aliphatic rings. The number of halogens is 5. The van der Waals surface area contributed by atoms with E-state index < -0.39 is 8.13 Å². The Hall–Kier alpha value is 0.590. The second kappa shape index (κ2) is 5.07. The van der Waals surface area contributed by atoms with Gasteiger partial charge in [0, 0.05) is 6.54 Å². The first-order chi connectivity index (χ1) is 7.21. The van der Waals surface area contributed by atoms with Gasteiger partial charge >= 0.3 is 0 Å². The van der Waals surface area contributed by atoms with Gasteiger partial charge in [0.25, 0.3) is 0 Å². The van der Waals surface area contributed by atoms with Crippen molar-refractivity contribution in [1.82, 2.24) is 15.0 Å². The Balaban J connectivity index is 3.25. The molecule has 0 saturated heterocycles. The number of hydrogen-bond donors (Lipinski definition) is 0. The summed E-state index contributed by atoms with van der Waals surface area (Å²) >= 11 is 29.5. The van der Waals surface area contributed by atoms with Crippen molar-refractivity contribution in [3.63, 3.8) is 0 Å². The SMILES string of the molecule is CCCn1nnc(C)c1C(Cl)(Cl)C(Cl)(Cl)Cl. The summed E-state index contributed by atoms with van der Waals surface area (Å²) in [5, 5.41) is 7.79. The van der Waals surface area contributed by atoms with Gasteiger partial charge in [0.05, 0.1) is 5.69 Å². The highest BCUT2D eigenvalue weighted by molar-refractivity contribution is 6.75. The first-order valence-electron chi connectivity index (χ1n) is 4.57. The van der Waals surface area contributed by atoms with Crippen molar-refractivity contribution in [3.05, 3.63) is 11.4 Å². The Kier molecular flexibility index (Phi) is 4.64. The van der Waals surface area contributed by atoms with Crippen LogP contribution in [-0.2, 0) is 10.9 Å². The highest BCUT2D eigenvalue weighted by Crippen LogP contribution is 2.53. The summed E-state index contributed by atoms with van der Waals surface area (Å²) in [6.45, 7) is 4.31. The first kappa shape index (κ1) is 14.7. The normalized spacial score (nSPS) is 13.2. The van der Waals surface area contributed by atoms with Gasteiger partial charge in [-0.1, -0.05) is 70.1 Å². The average molecular weight is 325 g/mol. The van der Waals surface area contributed by atoms with Crippen LogP contribution in [0.4, 0.5) is 0 Å². The summed E-state index contributed by atoms with van der Waals surface area (Å²) in [6, 6.07) is 0. The summed E-state index contributed by atoms with van der Waals surface area (Å²) in [5.41, 5.74) is 0.961. The molecular weight excluding hydrogens is 315 g/mol. The molecule has 0 saturated carbocycles. The van der Waals surface area contributed by atoms with Gasteiger partial charge in [0.1, 0.15) is 5.69 Å². The van der Waals surface area contributed by atoms with Crippen LogP contribution in [0.3, 0.4) is 0 Å². The summed E-state index contributed by atoms with van der Waals surface area (Å²) in [6.07, 6.45) is 0.847. The van der Waals surface area contributed by atoms with E-state index in [4.69, 9.17) is 58.0 Å². The molecule has 16 heavy (non-hydrogen) atoms. The van der Waals surface area contributed by atoms with Gasteiger partial charge in [0.15, 0.2) is 0 Å². The molecule has 0 atom stereocenters. The molecule has 0 N–H and O–H groups in total. The third-order valence-electron chi connectivity index (χ3n) is 1.99. The Morgan fingerprint density at radius 1 is 1.19 bits per heavy atom. The molecule has 0 bridgehead atoms. The highest BCUT2D eigenvalue weighted by Gasteiger charge is 2.50. The summed E-state index contributed by atoms with van der Waals surface area (Å²) in [7, 11) is 0. The van der Waals surface area contributed by atoms with Crippen molar-refractivity contribution in [2.24, 2.45) is 0 Å². The van der Waals surface area contributed by atoms with E-state index in [1.165, 1.54) is 0 Å². The van der Waals surface area contributed by atoms with Crippen LogP contribution in [-0.4, -0.2) is 18.8 Å². The second-order valence-electron chi connectivity index (χ2n) is 3.32. The number of alkyl halides is 5. The largest absolute Gasteiger partial charge is 0.246 e. The van der Waals surface area contributed by atoms with Crippen molar-refractivity contribution >= 4 is 58.0 Å². The predicted molar refractivity (Wildman–Crippen MR) is 68.7 cm³/mol. The van der Waals surface area contributed by atoms with Crippen LogP contribution in [0, 0.1) is 6.92 Å². The summed E-state index contributed by atoms with van der Waals surface area (Å²) in [5.74, 6) is 0. The maximum atomic E-state index is 6.09. The molecule has 1 heterocycles. The number of aryl methyl sites for hydroxylation is 2. The molecule has 0 fully saturated rings. The van der Waals surface area contributed by atoms with E-state index in [0.717, 1.165) is 6.42 Å². The van der Waals surface area contributed by atoms with Crippen LogP contribution in [0.1, 0.15) is 24.7 Å². The zero-order valence-electron chi connectivity index (χ0n) is 8.65. The number of rotatable bonds is 3. The maximum Gasteiger partial charge on any atom is 0.228 e. The van der Waals surface area contributed by atoms with Gasteiger partial charge < -0.3 is 0 Å². The van der Waals surface area contributed by atoms with Gasteiger partial charge in [-0.05, 0) is 13.3 Å². The van der Waals surface area contributed by atoms with E-state index in [1.54, 1.807) is 11.6 Å². The minimum atomic E-state index is -1.85. The fraction of sp³-hybridized carbons (Fsp3) is 0.750. The Labute approximate surface area is 119 Å². The predicted octanol–water partition coefficient (Wildman–Crippen LogP) is 4.00. The standard InChI is InChI=1S/C8H10Cl5N3/c1-3-4-16-6(5(2)14-15-16)7(9,10)8(11,12)13/h3-4H2,1-2H3. The lowest BCUT2D eigenvalue weighted by atomic mass is 10.2. The van der Waals surface area contributed by atoms with E-state index in [-0.39, 0.29) is 0 Å². The van der Waals surface area contributed by atoms with Crippen molar-refractivity contribution in [1.29, 1.82) is 0 Å². The van der Waals surface area contributed by atoms with E-state index in [9.17, 15) is 0 Å². The smallest absolute Gasteiger partial charge is 0.228 e. The van der Waals surface area contributed by atoms with Crippen LogP contribution < -0.4 is 0 Å². The van der Waals surface area contributed by atoms with E-state index in [0.29, 0.717) is 17.9 Å². The van der Waals surface area contributed by atoms with Crippen LogP contribution in [0.5, 0.6) is 0 Å². The number of hydrogen-bond acceptors (Lipinski definition) is 2. The molecule has 92 valence electrons. The molecule has 1 rings (SSSR count). The lowest BCUT2D eigenvalue weighted by Gasteiger charge is -2.28. The monoisotopic (exact) mass is 323 g/mol. The highest BCUT2D eigenvalue weighted by atomic mass is 35.6. The molecule has 0 amide bonds. The molecule has 1 aromatic rings. The molecule has 0 radical (unpaired) electrons.